The minimum atomic E-state index is 0.0217. The lowest BCUT2D eigenvalue weighted by Gasteiger charge is -2.03. The number of aromatic nitrogens is 2. The summed E-state index contributed by atoms with van der Waals surface area (Å²) in [6.45, 7) is 3.23. The van der Waals surface area contributed by atoms with Crippen LogP contribution < -0.4 is 10.1 Å². The number of hydrogen-bond donors (Lipinski definition) is 1. The first-order valence-corrected chi connectivity index (χ1v) is 7.88. The Balaban J connectivity index is 1.77. The van der Waals surface area contributed by atoms with Gasteiger partial charge < -0.3 is 10.1 Å². The molecule has 0 aliphatic rings. The zero-order valence-corrected chi connectivity index (χ0v) is 12.9. The molecule has 5 nitrogen and oxygen atoms in total. The van der Waals surface area contributed by atoms with Crippen LogP contribution in [-0.2, 0) is 17.8 Å². The van der Waals surface area contributed by atoms with Gasteiger partial charge in [-0.1, -0.05) is 13.3 Å². The molecule has 2 aromatic rings. The number of carbonyl (C=O) groups is 1. The summed E-state index contributed by atoms with van der Waals surface area (Å²) in [6.07, 6.45) is 5.77. The Bertz CT molecular complexity index is 557. The molecule has 0 bridgehead atoms. The molecule has 0 unspecified atom stereocenters. The van der Waals surface area contributed by atoms with E-state index in [-0.39, 0.29) is 5.91 Å². The minimum Gasteiger partial charge on any atom is -0.485 e. The zero-order chi connectivity index (χ0) is 14.9. The summed E-state index contributed by atoms with van der Waals surface area (Å²) in [5.41, 5.74) is 0.791. The second kappa shape index (κ2) is 8.36. The molecule has 2 aromatic heterocycles. The Morgan fingerprint density at radius 2 is 2.38 bits per heavy atom. The van der Waals surface area contributed by atoms with E-state index < -0.39 is 0 Å². The van der Waals surface area contributed by atoms with Gasteiger partial charge in [-0.15, -0.1) is 11.3 Å². The predicted molar refractivity (Wildman–Crippen MR) is 82.3 cm³/mol. The van der Waals surface area contributed by atoms with E-state index in [1.807, 2.05) is 17.5 Å². The highest BCUT2D eigenvalue weighted by molar-refractivity contribution is 7.09. The molecule has 6 heteroatoms. The highest BCUT2D eigenvalue weighted by Crippen LogP contribution is 2.14. The first kappa shape index (κ1) is 15.4. The Kier molecular flexibility index (Phi) is 6.15. The number of unbranched alkanes of at least 4 members (excludes halogenated alkanes) is 1. The van der Waals surface area contributed by atoms with Crippen LogP contribution in [0.3, 0.4) is 0 Å². The molecule has 0 spiro atoms. The molecule has 0 fully saturated rings. The van der Waals surface area contributed by atoms with Gasteiger partial charge in [0.05, 0.1) is 18.3 Å². The zero-order valence-electron chi connectivity index (χ0n) is 12.0. The molecule has 0 saturated carbocycles. The number of rotatable bonds is 8. The van der Waals surface area contributed by atoms with E-state index in [0.717, 1.165) is 30.1 Å². The maximum Gasteiger partial charge on any atom is 0.226 e. The number of amides is 1. The molecule has 1 amide bonds. The Morgan fingerprint density at radius 3 is 3.14 bits per heavy atom. The highest BCUT2D eigenvalue weighted by Gasteiger charge is 2.07. The van der Waals surface area contributed by atoms with E-state index in [1.54, 1.807) is 12.4 Å². The molecule has 0 aliphatic carbocycles. The van der Waals surface area contributed by atoms with Crippen molar-refractivity contribution in [2.45, 2.75) is 32.8 Å². The number of carbonyl (C=O) groups excluding carboxylic acids is 1. The molecule has 0 aliphatic heterocycles. The van der Waals surface area contributed by atoms with Crippen molar-refractivity contribution in [3.8, 4) is 5.75 Å². The summed E-state index contributed by atoms with van der Waals surface area (Å²) in [5.74, 6) is 0.736. The van der Waals surface area contributed by atoms with Gasteiger partial charge in [0, 0.05) is 18.1 Å². The summed E-state index contributed by atoms with van der Waals surface area (Å²) < 4.78 is 5.57. The van der Waals surface area contributed by atoms with Crippen LogP contribution in [0.2, 0.25) is 0 Å². The standard InChI is InChI=1S/C15H19N3O2S/c1-2-3-7-17-14(19)8-12-11-21-15(18-12)10-20-13-5-4-6-16-9-13/h4-6,9,11H,2-3,7-8,10H2,1H3,(H,17,19). The van der Waals surface area contributed by atoms with Gasteiger partial charge in [-0.25, -0.2) is 4.98 Å². The molecule has 112 valence electrons. The van der Waals surface area contributed by atoms with Gasteiger partial charge in [0.25, 0.3) is 0 Å². The van der Waals surface area contributed by atoms with Crippen LogP contribution in [-0.4, -0.2) is 22.4 Å². The van der Waals surface area contributed by atoms with Crippen molar-refractivity contribution in [3.05, 3.63) is 40.6 Å². The van der Waals surface area contributed by atoms with Crippen LogP contribution in [0.4, 0.5) is 0 Å². The Hall–Kier alpha value is -1.95. The number of thiazole rings is 1. The first-order valence-electron chi connectivity index (χ1n) is 7.00. The van der Waals surface area contributed by atoms with Gasteiger partial charge in [-0.3, -0.25) is 9.78 Å². The molecular weight excluding hydrogens is 286 g/mol. The van der Waals surface area contributed by atoms with Gasteiger partial charge in [0.2, 0.25) is 5.91 Å². The van der Waals surface area contributed by atoms with Crippen molar-refractivity contribution in [2.24, 2.45) is 0 Å². The summed E-state index contributed by atoms with van der Waals surface area (Å²) in [4.78, 5) is 20.1. The fourth-order valence-electron chi connectivity index (χ4n) is 1.71. The summed E-state index contributed by atoms with van der Waals surface area (Å²) >= 11 is 1.50. The summed E-state index contributed by atoms with van der Waals surface area (Å²) in [7, 11) is 0. The van der Waals surface area contributed by atoms with Crippen LogP contribution in [0.5, 0.6) is 5.75 Å². The third kappa shape index (κ3) is 5.51. The first-order chi connectivity index (χ1) is 10.3. The molecule has 2 heterocycles. The van der Waals surface area contributed by atoms with Crippen molar-refractivity contribution in [2.75, 3.05) is 6.54 Å². The monoisotopic (exact) mass is 305 g/mol. The average molecular weight is 305 g/mol. The molecule has 2 rings (SSSR count). The third-order valence-corrected chi connectivity index (χ3v) is 3.66. The molecule has 1 N–H and O–H groups in total. The quantitative estimate of drug-likeness (QED) is 0.761. The van der Waals surface area contributed by atoms with Crippen LogP contribution in [0, 0.1) is 0 Å². The Morgan fingerprint density at radius 1 is 1.48 bits per heavy atom. The van der Waals surface area contributed by atoms with Gasteiger partial charge >= 0.3 is 0 Å². The van der Waals surface area contributed by atoms with E-state index in [0.29, 0.717) is 18.8 Å². The normalized spacial score (nSPS) is 10.3. The lowest BCUT2D eigenvalue weighted by atomic mass is 10.3. The lowest BCUT2D eigenvalue weighted by molar-refractivity contribution is -0.120. The molecule has 0 saturated heterocycles. The van der Waals surface area contributed by atoms with Crippen LogP contribution >= 0.6 is 11.3 Å². The largest absolute Gasteiger partial charge is 0.485 e. The topological polar surface area (TPSA) is 64.1 Å². The van der Waals surface area contributed by atoms with Gasteiger partial charge in [0.1, 0.15) is 17.4 Å². The van der Waals surface area contributed by atoms with E-state index >= 15 is 0 Å². The van der Waals surface area contributed by atoms with E-state index in [9.17, 15) is 4.79 Å². The molecule has 0 atom stereocenters. The highest BCUT2D eigenvalue weighted by atomic mass is 32.1. The second-order valence-corrected chi connectivity index (χ2v) is 5.53. The van der Waals surface area contributed by atoms with Gasteiger partial charge in [-0.05, 0) is 18.6 Å². The number of nitrogens with one attached hydrogen (secondary N) is 1. The number of nitrogens with zero attached hydrogens (tertiary/aromatic N) is 2. The van der Waals surface area contributed by atoms with Crippen molar-refractivity contribution in [1.29, 1.82) is 0 Å². The molecular formula is C15H19N3O2S. The Labute approximate surface area is 128 Å². The van der Waals surface area contributed by atoms with Gasteiger partial charge in [0.15, 0.2) is 0 Å². The van der Waals surface area contributed by atoms with Crippen LogP contribution in [0.25, 0.3) is 0 Å². The van der Waals surface area contributed by atoms with Gasteiger partial charge in [-0.2, -0.15) is 0 Å². The van der Waals surface area contributed by atoms with Crippen molar-refractivity contribution < 1.29 is 9.53 Å². The summed E-state index contributed by atoms with van der Waals surface area (Å²) in [6, 6.07) is 3.67. The fraction of sp³-hybridized carbons (Fsp3) is 0.400. The number of hydrogen-bond acceptors (Lipinski definition) is 5. The molecule has 0 aromatic carbocycles. The van der Waals surface area contributed by atoms with Crippen LogP contribution in [0.1, 0.15) is 30.5 Å². The second-order valence-electron chi connectivity index (χ2n) is 4.59. The number of pyridine rings is 1. The SMILES string of the molecule is CCCCNC(=O)Cc1csc(COc2cccnc2)n1. The third-order valence-electron chi connectivity index (χ3n) is 2.79. The summed E-state index contributed by atoms with van der Waals surface area (Å²) in [5, 5.41) is 5.65. The van der Waals surface area contributed by atoms with E-state index in [2.05, 4.69) is 22.2 Å². The smallest absolute Gasteiger partial charge is 0.226 e. The van der Waals surface area contributed by atoms with Crippen molar-refractivity contribution in [1.82, 2.24) is 15.3 Å². The lowest BCUT2D eigenvalue weighted by Crippen LogP contribution is -2.26. The maximum absolute atomic E-state index is 11.7. The average Bonchev–Trinajstić information content (AvgIpc) is 2.94. The van der Waals surface area contributed by atoms with Crippen molar-refractivity contribution >= 4 is 17.2 Å². The molecule has 0 radical (unpaired) electrons. The maximum atomic E-state index is 11.7. The van der Waals surface area contributed by atoms with Crippen LogP contribution in [0.15, 0.2) is 29.9 Å². The molecule has 21 heavy (non-hydrogen) atoms. The van der Waals surface area contributed by atoms with E-state index in [1.165, 1.54) is 11.3 Å². The number of ether oxygens (including phenoxy) is 1. The van der Waals surface area contributed by atoms with Crippen molar-refractivity contribution in [3.63, 3.8) is 0 Å². The van der Waals surface area contributed by atoms with E-state index in [4.69, 9.17) is 4.74 Å². The predicted octanol–water partition coefficient (Wildman–Crippen LogP) is 2.58. The minimum absolute atomic E-state index is 0.0217. The fourth-order valence-corrected chi connectivity index (χ4v) is 2.41.